The molecule has 1 aliphatic heterocycles. The third-order valence-electron chi connectivity index (χ3n) is 4.57. The highest BCUT2D eigenvalue weighted by Gasteiger charge is 2.26. The number of anilines is 2. The molecule has 2 aromatic carbocycles. The number of sulfonamides is 1. The molecule has 2 N–H and O–H groups in total. The first-order valence-corrected chi connectivity index (χ1v) is 10.3. The van der Waals surface area contributed by atoms with Gasteiger partial charge in [-0.3, -0.25) is 0 Å². The van der Waals surface area contributed by atoms with E-state index in [2.05, 4.69) is 21.2 Å². The predicted molar refractivity (Wildman–Crippen MR) is 108 cm³/mol. The van der Waals surface area contributed by atoms with E-state index < -0.39 is 10.0 Å². The van der Waals surface area contributed by atoms with Crippen LogP contribution in [0.25, 0.3) is 10.9 Å². The minimum absolute atomic E-state index is 0.0256. The van der Waals surface area contributed by atoms with Crippen LogP contribution in [0.5, 0.6) is 5.75 Å². The van der Waals surface area contributed by atoms with Crippen LogP contribution in [-0.4, -0.2) is 54.1 Å². The first kappa shape index (κ1) is 19.1. The number of terminal acetylenes is 1. The predicted octanol–water partition coefficient (Wildman–Crippen LogP) is 2.08. The number of benzene rings is 2. The lowest BCUT2D eigenvalue weighted by Gasteiger charge is -2.26. The van der Waals surface area contributed by atoms with Gasteiger partial charge in [0.25, 0.3) is 0 Å². The smallest absolute Gasteiger partial charge is 0.243 e. The zero-order valence-electron chi connectivity index (χ0n) is 15.4. The van der Waals surface area contributed by atoms with Crippen molar-refractivity contribution < 1.29 is 18.3 Å². The maximum absolute atomic E-state index is 12.7. The lowest BCUT2D eigenvalue weighted by Crippen LogP contribution is -2.40. The number of fused-ring (bicyclic) bond motifs is 1. The fourth-order valence-corrected chi connectivity index (χ4v) is 4.43. The lowest BCUT2D eigenvalue weighted by atomic mass is 10.1. The van der Waals surface area contributed by atoms with Crippen LogP contribution in [0.15, 0.2) is 47.5 Å². The number of phenols is 1. The lowest BCUT2D eigenvalue weighted by molar-refractivity contribution is 0.0730. The number of aromatic nitrogens is 2. The van der Waals surface area contributed by atoms with Crippen molar-refractivity contribution in [3.63, 3.8) is 0 Å². The maximum atomic E-state index is 12.7. The van der Waals surface area contributed by atoms with Crippen molar-refractivity contribution in [1.82, 2.24) is 14.3 Å². The van der Waals surface area contributed by atoms with Gasteiger partial charge in [-0.2, -0.15) is 4.31 Å². The molecule has 1 aromatic heterocycles. The maximum Gasteiger partial charge on any atom is 0.243 e. The van der Waals surface area contributed by atoms with Crippen molar-refractivity contribution in [1.29, 1.82) is 0 Å². The van der Waals surface area contributed by atoms with Gasteiger partial charge in [-0.05, 0) is 30.3 Å². The van der Waals surface area contributed by atoms with Crippen LogP contribution in [0.3, 0.4) is 0 Å². The van der Waals surface area contributed by atoms with Crippen LogP contribution in [0, 0.1) is 12.3 Å². The second-order valence-corrected chi connectivity index (χ2v) is 8.37. The van der Waals surface area contributed by atoms with Crippen molar-refractivity contribution in [2.45, 2.75) is 4.90 Å². The number of aromatic hydroxyl groups is 1. The van der Waals surface area contributed by atoms with Gasteiger partial charge in [0.1, 0.15) is 5.75 Å². The zero-order chi connectivity index (χ0) is 20.4. The molecule has 148 valence electrons. The van der Waals surface area contributed by atoms with E-state index in [0.717, 1.165) is 0 Å². The summed E-state index contributed by atoms with van der Waals surface area (Å²) >= 11 is 0. The summed E-state index contributed by atoms with van der Waals surface area (Å²) in [7, 11) is -3.54. The number of nitrogens with one attached hydrogen (secondary N) is 1. The van der Waals surface area contributed by atoms with Crippen LogP contribution in [-0.2, 0) is 14.8 Å². The molecule has 0 radical (unpaired) electrons. The van der Waals surface area contributed by atoms with E-state index in [1.807, 2.05) is 0 Å². The Kier molecular flexibility index (Phi) is 5.07. The highest BCUT2D eigenvalue weighted by Crippen LogP contribution is 2.25. The number of hydrogen-bond acceptors (Lipinski definition) is 7. The fraction of sp³-hybridized carbons (Fsp3) is 0.200. The second kappa shape index (κ2) is 7.67. The highest BCUT2D eigenvalue weighted by atomic mass is 32.2. The molecule has 0 saturated carbocycles. The normalized spacial score (nSPS) is 15.1. The van der Waals surface area contributed by atoms with E-state index in [4.69, 9.17) is 11.2 Å². The first-order chi connectivity index (χ1) is 14.0. The molecule has 0 spiro atoms. The van der Waals surface area contributed by atoms with E-state index in [0.29, 0.717) is 54.4 Å². The third kappa shape index (κ3) is 3.86. The molecule has 1 aliphatic rings. The van der Waals surface area contributed by atoms with Gasteiger partial charge in [-0.1, -0.05) is 5.92 Å². The largest absolute Gasteiger partial charge is 0.507 e. The molecule has 0 atom stereocenters. The van der Waals surface area contributed by atoms with Crippen LogP contribution in [0.1, 0.15) is 5.56 Å². The molecule has 4 rings (SSSR count). The molecule has 9 heteroatoms. The van der Waals surface area contributed by atoms with E-state index >= 15 is 0 Å². The molecular formula is C20H18N4O4S. The molecule has 1 saturated heterocycles. The summed E-state index contributed by atoms with van der Waals surface area (Å²) in [4.78, 5) is 8.82. The van der Waals surface area contributed by atoms with E-state index in [-0.39, 0.29) is 10.6 Å². The van der Waals surface area contributed by atoms with Gasteiger partial charge in [-0.15, -0.1) is 6.42 Å². The van der Waals surface area contributed by atoms with Crippen molar-refractivity contribution in [2.75, 3.05) is 31.6 Å². The molecular weight excluding hydrogens is 392 g/mol. The number of nitrogens with zero attached hydrogens (tertiary/aromatic N) is 3. The number of hydrogen-bond donors (Lipinski definition) is 2. The number of phenolic OH excluding ortho intramolecular Hbond substituents is 1. The van der Waals surface area contributed by atoms with E-state index in [1.165, 1.54) is 10.4 Å². The molecule has 2 heterocycles. The number of morpholine rings is 1. The Morgan fingerprint density at radius 3 is 2.59 bits per heavy atom. The molecule has 0 unspecified atom stereocenters. The summed E-state index contributed by atoms with van der Waals surface area (Å²) in [6, 6.07) is 9.51. The molecule has 3 aromatic rings. The van der Waals surface area contributed by atoms with Crippen LogP contribution >= 0.6 is 0 Å². The summed E-state index contributed by atoms with van der Waals surface area (Å²) in [5.41, 5.74) is 1.54. The van der Waals surface area contributed by atoms with Crippen LogP contribution < -0.4 is 5.32 Å². The molecule has 0 aliphatic carbocycles. The average molecular weight is 410 g/mol. The minimum atomic E-state index is -3.54. The number of ether oxygens (including phenoxy) is 1. The topological polar surface area (TPSA) is 105 Å². The Morgan fingerprint density at radius 1 is 1.17 bits per heavy atom. The first-order valence-electron chi connectivity index (χ1n) is 8.89. The fourth-order valence-electron chi connectivity index (χ4n) is 3.02. The van der Waals surface area contributed by atoms with Gasteiger partial charge in [0.2, 0.25) is 16.0 Å². The molecule has 0 bridgehead atoms. The summed E-state index contributed by atoms with van der Waals surface area (Å²) in [6.07, 6.45) is 6.95. The molecule has 0 amide bonds. The average Bonchev–Trinajstić information content (AvgIpc) is 2.74. The summed E-state index contributed by atoms with van der Waals surface area (Å²) < 4.78 is 32.0. The molecule has 8 nitrogen and oxygen atoms in total. The van der Waals surface area contributed by atoms with Gasteiger partial charge in [0.05, 0.1) is 29.2 Å². The van der Waals surface area contributed by atoms with Crippen molar-refractivity contribution in [2.24, 2.45) is 0 Å². The quantitative estimate of drug-likeness (QED) is 0.635. The zero-order valence-corrected chi connectivity index (χ0v) is 16.2. The Bertz CT molecular complexity index is 1200. The van der Waals surface area contributed by atoms with Gasteiger partial charge in [0, 0.05) is 36.4 Å². The Balaban J connectivity index is 1.55. The Hall–Kier alpha value is -3.19. The summed E-state index contributed by atoms with van der Waals surface area (Å²) in [5.74, 6) is 2.69. The van der Waals surface area contributed by atoms with Gasteiger partial charge < -0.3 is 15.2 Å². The van der Waals surface area contributed by atoms with Crippen molar-refractivity contribution >= 4 is 32.6 Å². The summed E-state index contributed by atoms with van der Waals surface area (Å²) in [5, 5.41) is 13.6. The van der Waals surface area contributed by atoms with Crippen LogP contribution in [0.4, 0.5) is 11.6 Å². The third-order valence-corrected chi connectivity index (χ3v) is 6.48. The standard InChI is InChI=1S/C20H18N4O4S/c1-2-14-11-15-13-21-20(23-18(15)12-19(14)25)22-16-3-5-17(6-4-16)29(26,27)24-7-9-28-10-8-24/h1,3-6,11-13,25H,7-10H2,(H,21,22,23). The van der Waals surface area contributed by atoms with Gasteiger partial charge >= 0.3 is 0 Å². The van der Waals surface area contributed by atoms with Gasteiger partial charge in [0.15, 0.2) is 0 Å². The molecule has 29 heavy (non-hydrogen) atoms. The van der Waals surface area contributed by atoms with Crippen molar-refractivity contribution in [3.05, 3.63) is 48.2 Å². The monoisotopic (exact) mass is 410 g/mol. The Morgan fingerprint density at radius 2 is 1.90 bits per heavy atom. The van der Waals surface area contributed by atoms with Crippen molar-refractivity contribution in [3.8, 4) is 18.1 Å². The van der Waals surface area contributed by atoms with E-state index in [1.54, 1.807) is 36.5 Å². The molecule has 1 fully saturated rings. The second-order valence-electron chi connectivity index (χ2n) is 6.43. The van der Waals surface area contributed by atoms with E-state index in [9.17, 15) is 13.5 Å². The SMILES string of the molecule is C#Cc1cc2cnc(Nc3ccc(S(=O)(=O)N4CCOCC4)cc3)nc2cc1O. The summed E-state index contributed by atoms with van der Waals surface area (Å²) in [6.45, 7) is 1.50. The number of rotatable bonds is 4. The van der Waals surface area contributed by atoms with Gasteiger partial charge in [-0.25, -0.2) is 18.4 Å². The minimum Gasteiger partial charge on any atom is -0.507 e. The highest BCUT2D eigenvalue weighted by molar-refractivity contribution is 7.89. The van der Waals surface area contributed by atoms with Crippen LogP contribution in [0.2, 0.25) is 0 Å². The Labute approximate surface area is 168 Å².